The minimum Gasteiger partial charge on any atom is -0.394 e. The van der Waals surface area contributed by atoms with Gasteiger partial charge in [0.05, 0.1) is 19.8 Å². The first-order valence-electron chi connectivity index (χ1n) is 5.28. The molecule has 0 amide bonds. The summed E-state index contributed by atoms with van der Waals surface area (Å²) < 4.78 is 5.13. The number of ether oxygens (including phenoxy) is 1. The van der Waals surface area contributed by atoms with Crippen LogP contribution in [-0.4, -0.2) is 31.5 Å². The van der Waals surface area contributed by atoms with E-state index in [9.17, 15) is 0 Å². The number of aliphatic hydroxyl groups is 1. The van der Waals surface area contributed by atoms with E-state index >= 15 is 0 Å². The number of hydrogen-bond acceptors (Lipinski definition) is 3. The molecule has 1 aromatic carbocycles. The molecule has 4 heteroatoms. The number of halogens is 1. The largest absolute Gasteiger partial charge is 0.394 e. The molecule has 0 bridgehead atoms. The van der Waals surface area contributed by atoms with Gasteiger partial charge in [-0.1, -0.05) is 29.8 Å². The maximum absolute atomic E-state index is 8.48. The van der Waals surface area contributed by atoms with E-state index in [1.165, 1.54) is 11.1 Å². The van der Waals surface area contributed by atoms with Crippen LogP contribution in [0, 0.1) is 6.92 Å². The van der Waals surface area contributed by atoms with Crippen LogP contribution in [-0.2, 0) is 11.3 Å². The molecule has 0 saturated heterocycles. The van der Waals surface area contributed by atoms with Gasteiger partial charge in [0.15, 0.2) is 0 Å². The Kier molecular flexibility index (Phi) is 9.24. The molecule has 0 fully saturated rings. The molecule has 2 N–H and O–H groups in total. The lowest BCUT2D eigenvalue weighted by atomic mass is 10.1. The first-order chi connectivity index (χ1) is 7.33. The fourth-order valence-electron chi connectivity index (χ4n) is 1.25. The first-order valence-corrected chi connectivity index (χ1v) is 5.28. The molecule has 92 valence electrons. The third kappa shape index (κ3) is 6.80. The van der Waals surface area contributed by atoms with Crippen LogP contribution in [0.3, 0.4) is 0 Å². The standard InChI is InChI=1S/C12H19NO2.ClH/c1-11-2-4-12(5-3-11)10-13-6-8-15-9-7-14;/h2-5,13-14H,6-10H2,1H3;1H. The van der Waals surface area contributed by atoms with Gasteiger partial charge in [-0.3, -0.25) is 0 Å². The summed E-state index contributed by atoms with van der Waals surface area (Å²) in [5.41, 5.74) is 2.56. The van der Waals surface area contributed by atoms with Crippen molar-refractivity contribution < 1.29 is 9.84 Å². The zero-order valence-corrected chi connectivity index (χ0v) is 10.4. The fourth-order valence-corrected chi connectivity index (χ4v) is 1.25. The molecule has 1 aromatic rings. The summed E-state index contributed by atoms with van der Waals surface area (Å²) in [5, 5.41) is 11.8. The topological polar surface area (TPSA) is 41.5 Å². The summed E-state index contributed by atoms with van der Waals surface area (Å²) in [6.07, 6.45) is 0. The number of aryl methyl sites for hydroxylation is 1. The molecule has 16 heavy (non-hydrogen) atoms. The predicted octanol–water partition coefficient (Wildman–Crippen LogP) is 1.52. The minimum absolute atomic E-state index is 0. The third-order valence-corrected chi connectivity index (χ3v) is 2.11. The average Bonchev–Trinajstić information content (AvgIpc) is 2.26. The molecular weight excluding hydrogens is 226 g/mol. The maximum atomic E-state index is 8.48. The van der Waals surface area contributed by atoms with E-state index in [2.05, 4.69) is 36.5 Å². The Morgan fingerprint density at radius 1 is 1.19 bits per heavy atom. The van der Waals surface area contributed by atoms with Gasteiger partial charge in [0.25, 0.3) is 0 Å². The smallest absolute Gasteiger partial charge is 0.0698 e. The monoisotopic (exact) mass is 245 g/mol. The number of aliphatic hydroxyl groups excluding tert-OH is 1. The lowest BCUT2D eigenvalue weighted by Gasteiger charge is -2.05. The molecule has 0 spiro atoms. The van der Waals surface area contributed by atoms with Crippen molar-refractivity contribution in [1.29, 1.82) is 0 Å². The lowest BCUT2D eigenvalue weighted by molar-refractivity contribution is 0.0938. The lowest BCUT2D eigenvalue weighted by Crippen LogP contribution is -2.19. The van der Waals surface area contributed by atoms with E-state index in [1.54, 1.807) is 0 Å². The molecule has 0 radical (unpaired) electrons. The Hall–Kier alpha value is -0.610. The van der Waals surface area contributed by atoms with Crippen LogP contribution in [0.5, 0.6) is 0 Å². The highest BCUT2D eigenvalue weighted by atomic mass is 35.5. The SMILES string of the molecule is Cc1ccc(CNCCOCCO)cc1.Cl. The zero-order valence-electron chi connectivity index (χ0n) is 9.61. The van der Waals surface area contributed by atoms with Crippen molar-refractivity contribution in [3.05, 3.63) is 35.4 Å². The minimum atomic E-state index is 0. The summed E-state index contributed by atoms with van der Waals surface area (Å²) in [4.78, 5) is 0. The average molecular weight is 246 g/mol. The molecule has 0 aromatic heterocycles. The van der Waals surface area contributed by atoms with Crippen molar-refractivity contribution in [2.45, 2.75) is 13.5 Å². The van der Waals surface area contributed by atoms with Gasteiger partial charge >= 0.3 is 0 Å². The number of benzene rings is 1. The second-order valence-corrected chi connectivity index (χ2v) is 3.50. The first kappa shape index (κ1) is 15.4. The Morgan fingerprint density at radius 3 is 2.50 bits per heavy atom. The van der Waals surface area contributed by atoms with Crippen LogP contribution < -0.4 is 5.32 Å². The van der Waals surface area contributed by atoms with Crippen molar-refractivity contribution in [2.75, 3.05) is 26.4 Å². The van der Waals surface area contributed by atoms with Gasteiger partial charge in [-0.2, -0.15) is 0 Å². The molecule has 0 aliphatic rings. The van der Waals surface area contributed by atoms with E-state index < -0.39 is 0 Å². The molecule has 3 nitrogen and oxygen atoms in total. The summed E-state index contributed by atoms with van der Waals surface area (Å²) in [7, 11) is 0. The molecular formula is C12H20ClNO2. The van der Waals surface area contributed by atoms with Gasteiger partial charge in [-0.25, -0.2) is 0 Å². The molecule has 0 saturated carbocycles. The Morgan fingerprint density at radius 2 is 1.88 bits per heavy atom. The van der Waals surface area contributed by atoms with Gasteiger partial charge in [0, 0.05) is 13.1 Å². The summed E-state index contributed by atoms with van der Waals surface area (Å²) in [6.45, 7) is 4.92. The van der Waals surface area contributed by atoms with E-state index in [0.29, 0.717) is 13.2 Å². The van der Waals surface area contributed by atoms with E-state index in [4.69, 9.17) is 9.84 Å². The number of rotatable bonds is 7. The van der Waals surface area contributed by atoms with Crippen molar-refractivity contribution in [2.24, 2.45) is 0 Å². The van der Waals surface area contributed by atoms with Gasteiger partial charge in [-0.05, 0) is 12.5 Å². The van der Waals surface area contributed by atoms with Crippen LogP contribution in [0.1, 0.15) is 11.1 Å². The zero-order chi connectivity index (χ0) is 10.9. The van der Waals surface area contributed by atoms with Crippen LogP contribution in [0.25, 0.3) is 0 Å². The molecule has 0 unspecified atom stereocenters. The van der Waals surface area contributed by atoms with Crippen LogP contribution in [0.15, 0.2) is 24.3 Å². The second-order valence-electron chi connectivity index (χ2n) is 3.50. The molecule has 1 rings (SSSR count). The molecule has 0 atom stereocenters. The molecule has 0 aliphatic heterocycles. The number of nitrogens with one attached hydrogen (secondary N) is 1. The Balaban J connectivity index is 0.00000225. The van der Waals surface area contributed by atoms with E-state index in [-0.39, 0.29) is 19.0 Å². The third-order valence-electron chi connectivity index (χ3n) is 2.11. The van der Waals surface area contributed by atoms with Gasteiger partial charge < -0.3 is 15.2 Å². The summed E-state index contributed by atoms with van der Waals surface area (Å²) in [5.74, 6) is 0. The maximum Gasteiger partial charge on any atom is 0.0698 e. The van der Waals surface area contributed by atoms with Crippen LogP contribution in [0.2, 0.25) is 0 Å². The van der Waals surface area contributed by atoms with Crippen LogP contribution in [0.4, 0.5) is 0 Å². The quantitative estimate of drug-likeness (QED) is 0.716. The summed E-state index contributed by atoms with van der Waals surface area (Å²) >= 11 is 0. The molecule has 0 heterocycles. The van der Waals surface area contributed by atoms with Gasteiger partial charge in [-0.15, -0.1) is 12.4 Å². The van der Waals surface area contributed by atoms with Gasteiger partial charge in [0.2, 0.25) is 0 Å². The van der Waals surface area contributed by atoms with Crippen LogP contribution >= 0.6 is 12.4 Å². The summed E-state index contributed by atoms with van der Waals surface area (Å²) in [6, 6.07) is 8.46. The highest BCUT2D eigenvalue weighted by molar-refractivity contribution is 5.85. The van der Waals surface area contributed by atoms with Gasteiger partial charge in [0.1, 0.15) is 0 Å². The number of hydrogen-bond donors (Lipinski definition) is 2. The Bertz CT molecular complexity index is 264. The molecule has 0 aliphatic carbocycles. The Labute approximate surface area is 103 Å². The second kappa shape index (κ2) is 9.60. The highest BCUT2D eigenvalue weighted by Gasteiger charge is 1.92. The van der Waals surface area contributed by atoms with Crippen molar-refractivity contribution in [3.8, 4) is 0 Å². The van der Waals surface area contributed by atoms with Crippen molar-refractivity contribution in [1.82, 2.24) is 5.32 Å². The fraction of sp³-hybridized carbons (Fsp3) is 0.500. The van der Waals surface area contributed by atoms with E-state index in [1.807, 2.05) is 0 Å². The van der Waals surface area contributed by atoms with E-state index in [0.717, 1.165) is 13.1 Å². The van der Waals surface area contributed by atoms with Crippen molar-refractivity contribution in [3.63, 3.8) is 0 Å². The predicted molar refractivity (Wildman–Crippen MR) is 68.0 cm³/mol. The normalized spacial score (nSPS) is 9.88. The highest BCUT2D eigenvalue weighted by Crippen LogP contribution is 2.01. The van der Waals surface area contributed by atoms with Crippen molar-refractivity contribution >= 4 is 12.4 Å².